The summed E-state index contributed by atoms with van der Waals surface area (Å²) in [6.45, 7) is 4.04. The van der Waals surface area contributed by atoms with Crippen molar-refractivity contribution in [3.8, 4) is 11.5 Å². The summed E-state index contributed by atoms with van der Waals surface area (Å²) in [6.07, 6.45) is 2.68. The Hall–Kier alpha value is -2.76. The quantitative estimate of drug-likeness (QED) is 0.749. The monoisotopic (exact) mass is 338 g/mol. The van der Waals surface area contributed by atoms with Gasteiger partial charge in [-0.25, -0.2) is 9.37 Å². The van der Waals surface area contributed by atoms with Crippen molar-refractivity contribution in [1.29, 1.82) is 0 Å². The van der Waals surface area contributed by atoms with Crippen LogP contribution >= 0.6 is 0 Å². The van der Waals surface area contributed by atoms with Crippen LogP contribution in [0.15, 0.2) is 47.1 Å². The fraction of sp³-hybridized carbons (Fsp3) is 0.316. The number of nitrogens with zero attached hydrogens (tertiary/aromatic N) is 3. The number of hydrogen-bond acceptors (Lipinski definition) is 5. The lowest BCUT2D eigenvalue weighted by Gasteiger charge is -2.06. The van der Waals surface area contributed by atoms with Crippen molar-refractivity contribution < 1.29 is 8.91 Å². The lowest BCUT2D eigenvalue weighted by atomic mass is 10.1. The van der Waals surface area contributed by atoms with Crippen LogP contribution in [-0.4, -0.2) is 21.2 Å². The number of benzene rings is 1. The number of pyridine rings is 1. The second kappa shape index (κ2) is 6.27. The van der Waals surface area contributed by atoms with Crippen molar-refractivity contribution in [2.45, 2.75) is 38.1 Å². The van der Waals surface area contributed by atoms with E-state index < -0.39 is 0 Å². The Bertz CT molecular complexity index is 892. The molecule has 2 atom stereocenters. The van der Waals surface area contributed by atoms with Crippen LogP contribution in [-0.2, 0) is 0 Å². The molecule has 25 heavy (non-hydrogen) atoms. The third-order valence-corrected chi connectivity index (χ3v) is 4.37. The van der Waals surface area contributed by atoms with Gasteiger partial charge in [0.05, 0.1) is 0 Å². The zero-order valence-electron chi connectivity index (χ0n) is 14.1. The first kappa shape index (κ1) is 15.7. The highest BCUT2D eigenvalue weighted by Gasteiger charge is 2.38. The number of nitrogens with one attached hydrogen (secondary N) is 1. The van der Waals surface area contributed by atoms with Gasteiger partial charge >= 0.3 is 0 Å². The summed E-state index contributed by atoms with van der Waals surface area (Å²) in [7, 11) is 0. The van der Waals surface area contributed by atoms with E-state index in [-0.39, 0.29) is 17.8 Å². The van der Waals surface area contributed by atoms with E-state index in [0.717, 1.165) is 23.4 Å². The summed E-state index contributed by atoms with van der Waals surface area (Å²) < 4.78 is 18.7. The van der Waals surface area contributed by atoms with Crippen LogP contribution < -0.4 is 5.32 Å². The molecule has 1 fully saturated rings. The van der Waals surface area contributed by atoms with Crippen LogP contribution in [0, 0.1) is 5.82 Å². The first-order valence-corrected chi connectivity index (χ1v) is 8.42. The molecular weight excluding hydrogens is 319 g/mol. The zero-order chi connectivity index (χ0) is 17.4. The number of halogens is 1. The second-order valence-corrected chi connectivity index (χ2v) is 6.69. The Labute approximate surface area is 145 Å². The van der Waals surface area contributed by atoms with Crippen LogP contribution in [0.2, 0.25) is 0 Å². The average Bonchev–Trinajstić information content (AvgIpc) is 3.17. The summed E-state index contributed by atoms with van der Waals surface area (Å²) in [6, 6.07) is 10.8. The van der Waals surface area contributed by atoms with Gasteiger partial charge in [0.2, 0.25) is 0 Å². The first-order valence-electron chi connectivity index (χ1n) is 8.42. The van der Waals surface area contributed by atoms with Crippen molar-refractivity contribution >= 4 is 5.82 Å². The average molecular weight is 338 g/mol. The van der Waals surface area contributed by atoms with Crippen molar-refractivity contribution in [3.05, 3.63) is 59.8 Å². The lowest BCUT2D eigenvalue weighted by Crippen LogP contribution is -2.05. The van der Waals surface area contributed by atoms with E-state index in [1.807, 2.05) is 32.0 Å². The molecule has 0 unspecified atom stereocenters. The molecule has 0 saturated heterocycles. The molecule has 0 amide bonds. The van der Waals surface area contributed by atoms with E-state index in [0.29, 0.717) is 17.6 Å². The van der Waals surface area contributed by atoms with E-state index >= 15 is 0 Å². The van der Waals surface area contributed by atoms with Crippen molar-refractivity contribution in [1.82, 2.24) is 15.1 Å². The van der Waals surface area contributed by atoms with Crippen LogP contribution in [0.1, 0.15) is 43.5 Å². The molecule has 128 valence electrons. The van der Waals surface area contributed by atoms with Gasteiger partial charge in [0.1, 0.15) is 11.6 Å². The Morgan fingerprint density at radius 1 is 1.24 bits per heavy atom. The van der Waals surface area contributed by atoms with Gasteiger partial charge in [0, 0.05) is 29.6 Å². The predicted molar refractivity (Wildman–Crippen MR) is 92.8 cm³/mol. The molecule has 5 nitrogen and oxygen atoms in total. The minimum Gasteiger partial charge on any atom is -0.367 e. The zero-order valence-corrected chi connectivity index (χ0v) is 14.1. The summed E-state index contributed by atoms with van der Waals surface area (Å²) in [5.74, 6) is 2.28. The molecule has 1 N–H and O–H groups in total. The van der Waals surface area contributed by atoms with Gasteiger partial charge in [-0.2, -0.15) is 4.98 Å². The van der Waals surface area contributed by atoms with Crippen LogP contribution in [0.3, 0.4) is 0 Å². The van der Waals surface area contributed by atoms with Crippen molar-refractivity contribution in [2.75, 3.05) is 5.32 Å². The highest BCUT2D eigenvalue weighted by molar-refractivity contribution is 5.58. The van der Waals surface area contributed by atoms with Gasteiger partial charge < -0.3 is 9.84 Å². The minimum atomic E-state index is -0.194. The molecule has 1 aliphatic carbocycles. The third-order valence-electron chi connectivity index (χ3n) is 4.37. The Morgan fingerprint density at radius 2 is 2.12 bits per heavy atom. The molecular formula is C19H19FN4O. The maximum absolute atomic E-state index is 13.4. The number of rotatable bonds is 5. The first-order chi connectivity index (χ1) is 12.1. The number of aromatic nitrogens is 3. The molecule has 4 rings (SSSR count). The molecule has 6 heteroatoms. The molecule has 3 aromatic rings. The van der Waals surface area contributed by atoms with Gasteiger partial charge in [0.15, 0.2) is 5.82 Å². The maximum atomic E-state index is 13.4. The molecule has 1 saturated carbocycles. The summed E-state index contributed by atoms with van der Waals surface area (Å²) in [5.41, 5.74) is 1.85. The van der Waals surface area contributed by atoms with Gasteiger partial charge in [-0.3, -0.25) is 0 Å². The Balaban J connectivity index is 1.47. The molecule has 0 spiro atoms. The summed E-state index contributed by atoms with van der Waals surface area (Å²) in [4.78, 5) is 8.77. The molecule has 1 aliphatic rings. The predicted octanol–water partition coefficient (Wildman–Crippen LogP) is 4.36. The SMILES string of the molecule is CC(C)c1noc(-c2ccnc(N[C@@H]3C[C@H]3c3cccc(F)c3)c2)n1. The fourth-order valence-corrected chi connectivity index (χ4v) is 2.88. The van der Waals surface area contributed by atoms with E-state index in [9.17, 15) is 4.39 Å². The van der Waals surface area contributed by atoms with E-state index in [4.69, 9.17) is 4.52 Å². The normalized spacial score (nSPS) is 19.2. The van der Waals surface area contributed by atoms with Crippen LogP contribution in [0.5, 0.6) is 0 Å². The molecule has 0 aliphatic heterocycles. The van der Waals surface area contributed by atoms with Gasteiger partial charge in [-0.1, -0.05) is 31.1 Å². The summed E-state index contributed by atoms with van der Waals surface area (Å²) >= 11 is 0. The Morgan fingerprint density at radius 3 is 2.88 bits per heavy atom. The van der Waals surface area contributed by atoms with E-state index in [2.05, 4.69) is 20.4 Å². The van der Waals surface area contributed by atoms with Crippen molar-refractivity contribution in [3.63, 3.8) is 0 Å². The Kier molecular flexibility index (Phi) is 3.95. The second-order valence-electron chi connectivity index (χ2n) is 6.69. The number of anilines is 1. The minimum absolute atomic E-state index is 0.194. The van der Waals surface area contributed by atoms with Crippen LogP contribution in [0.25, 0.3) is 11.5 Å². The lowest BCUT2D eigenvalue weighted by molar-refractivity contribution is 0.419. The highest BCUT2D eigenvalue weighted by Crippen LogP contribution is 2.42. The molecule has 0 bridgehead atoms. The molecule has 2 aromatic heterocycles. The van der Waals surface area contributed by atoms with Gasteiger partial charge in [-0.05, 0) is 36.2 Å². The molecule has 2 heterocycles. The largest absolute Gasteiger partial charge is 0.367 e. The highest BCUT2D eigenvalue weighted by atomic mass is 19.1. The topological polar surface area (TPSA) is 63.8 Å². The van der Waals surface area contributed by atoms with Crippen molar-refractivity contribution in [2.24, 2.45) is 0 Å². The van der Waals surface area contributed by atoms with Gasteiger partial charge in [-0.15, -0.1) is 0 Å². The fourth-order valence-electron chi connectivity index (χ4n) is 2.88. The van der Waals surface area contributed by atoms with E-state index in [1.54, 1.807) is 18.3 Å². The molecule has 1 aromatic carbocycles. The third kappa shape index (κ3) is 3.38. The van der Waals surface area contributed by atoms with E-state index in [1.165, 1.54) is 6.07 Å². The molecule has 0 radical (unpaired) electrons. The summed E-state index contributed by atoms with van der Waals surface area (Å²) in [5, 5.41) is 7.39. The maximum Gasteiger partial charge on any atom is 0.258 e. The van der Waals surface area contributed by atoms with Crippen LogP contribution in [0.4, 0.5) is 10.2 Å². The standard InChI is InChI=1S/C19H19FN4O/c1-11(2)18-23-19(25-24-18)13-6-7-21-17(9-13)22-16-10-15(16)12-4-3-5-14(20)8-12/h3-9,11,15-16H,10H2,1-2H3,(H,21,22)/t15-,16+/m0/s1. The van der Waals surface area contributed by atoms with Gasteiger partial charge in [0.25, 0.3) is 5.89 Å². The number of hydrogen-bond donors (Lipinski definition) is 1. The smallest absolute Gasteiger partial charge is 0.258 e.